The van der Waals surface area contributed by atoms with E-state index in [1.165, 1.54) is 0 Å². The van der Waals surface area contributed by atoms with E-state index in [0.29, 0.717) is 56.2 Å². The predicted molar refractivity (Wildman–Crippen MR) is 151 cm³/mol. The summed E-state index contributed by atoms with van der Waals surface area (Å²) in [6.45, 7) is 3.91. The lowest BCUT2D eigenvalue weighted by atomic mass is 10.0. The number of nitrogens with zero attached hydrogens (tertiary/aromatic N) is 4. The third kappa shape index (κ3) is 4.75. The molecule has 5 rings (SSSR count). The van der Waals surface area contributed by atoms with Crippen molar-refractivity contribution in [3.63, 3.8) is 0 Å². The van der Waals surface area contributed by atoms with Gasteiger partial charge in [-0.1, -0.05) is 11.6 Å². The summed E-state index contributed by atoms with van der Waals surface area (Å²) >= 11 is 6.64. The summed E-state index contributed by atoms with van der Waals surface area (Å²) in [7, 11) is 7.38. The van der Waals surface area contributed by atoms with Crippen molar-refractivity contribution in [3.8, 4) is 22.8 Å². The van der Waals surface area contributed by atoms with Crippen LogP contribution in [-0.4, -0.2) is 73.4 Å². The Hall–Kier alpha value is -3.82. The number of benzene rings is 2. The molecule has 0 radical (unpaired) electrons. The highest BCUT2D eigenvalue weighted by Crippen LogP contribution is 2.42. The second-order valence-electron chi connectivity index (χ2n) is 9.61. The number of carbonyl (C=O) groups is 1. The van der Waals surface area contributed by atoms with Gasteiger partial charge in [-0.15, -0.1) is 0 Å². The van der Waals surface area contributed by atoms with Crippen LogP contribution in [0.1, 0.15) is 22.3 Å². The Balaban J connectivity index is 1.36. The molecule has 1 saturated heterocycles. The number of methoxy groups -OCH3 is 2. The largest absolute Gasteiger partial charge is 0.496 e. The molecule has 1 fully saturated rings. The SMILES string of the molecule is COc1cc(OC)c(Cl)c(-c2ccc3c(NC(=O)c4ccc(N5CCC(N(C)C)C5)cc4)n[nH]c3n2)c1C. The summed E-state index contributed by atoms with van der Waals surface area (Å²) in [6.07, 6.45) is 1.13. The summed E-state index contributed by atoms with van der Waals surface area (Å²) in [5.41, 5.74) is 4.38. The van der Waals surface area contributed by atoms with Crippen molar-refractivity contribution in [2.24, 2.45) is 0 Å². The minimum atomic E-state index is -0.238. The highest BCUT2D eigenvalue weighted by Gasteiger charge is 2.24. The molecule has 0 saturated carbocycles. The van der Waals surface area contributed by atoms with Gasteiger partial charge in [-0.3, -0.25) is 9.89 Å². The maximum atomic E-state index is 13.0. The number of carbonyl (C=O) groups excluding carboxylic acids is 1. The van der Waals surface area contributed by atoms with Gasteiger partial charge in [-0.05, 0) is 63.8 Å². The zero-order valence-corrected chi connectivity index (χ0v) is 22.9. The van der Waals surface area contributed by atoms with Crippen LogP contribution in [0.3, 0.4) is 0 Å². The third-order valence-corrected chi connectivity index (χ3v) is 7.56. The average molecular weight is 535 g/mol. The number of amides is 1. The predicted octanol–water partition coefficient (Wildman–Crippen LogP) is 5.00. The van der Waals surface area contributed by atoms with E-state index in [1.807, 2.05) is 43.3 Å². The van der Waals surface area contributed by atoms with E-state index in [9.17, 15) is 4.79 Å². The molecular weight excluding hydrogens is 504 g/mol. The number of ether oxygens (including phenoxy) is 2. The molecule has 1 aliphatic rings. The molecule has 9 nitrogen and oxygen atoms in total. The molecule has 1 amide bonds. The van der Waals surface area contributed by atoms with E-state index in [2.05, 4.69) is 39.4 Å². The molecule has 1 atom stereocenters. The summed E-state index contributed by atoms with van der Waals surface area (Å²) < 4.78 is 10.9. The number of pyridine rings is 1. The highest BCUT2D eigenvalue weighted by molar-refractivity contribution is 6.35. The van der Waals surface area contributed by atoms with Gasteiger partial charge in [0.1, 0.15) is 11.5 Å². The van der Waals surface area contributed by atoms with Gasteiger partial charge in [-0.2, -0.15) is 5.10 Å². The number of H-pyrrole nitrogens is 1. The minimum absolute atomic E-state index is 0.238. The quantitative estimate of drug-likeness (QED) is 0.344. The Morgan fingerprint density at radius 1 is 1.13 bits per heavy atom. The van der Waals surface area contributed by atoms with Crippen LogP contribution in [0.4, 0.5) is 11.5 Å². The fourth-order valence-electron chi connectivity index (χ4n) is 4.91. The summed E-state index contributed by atoms with van der Waals surface area (Å²) in [6, 6.07) is 13.7. The Labute approximate surface area is 226 Å². The summed E-state index contributed by atoms with van der Waals surface area (Å²) in [4.78, 5) is 22.3. The minimum Gasteiger partial charge on any atom is -0.496 e. The summed E-state index contributed by atoms with van der Waals surface area (Å²) in [5.74, 6) is 1.32. The molecule has 2 aromatic heterocycles. The van der Waals surface area contributed by atoms with Gasteiger partial charge in [0.05, 0.1) is 30.3 Å². The fourth-order valence-corrected chi connectivity index (χ4v) is 5.28. The first-order valence-corrected chi connectivity index (χ1v) is 12.8. The number of likely N-dealkylation sites (N-methyl/N-ethyl adjacent to an activating group) is 1. The van der Waals surface area contributed by atoms with Gasteiger partial charge in [0, 0.05) is 47.6 Å². The Morgan fingerprint density at radius 3 is 2.53 bits per heavy atom. The lowest BCUT2D eigenvalue weighted by Gasteiger charge is -2.22. The van der Waals surface area contributed by atoms with E-state index in [-0.39, 0.29) is 5.91 Å². The van der Waals surface area contributed by atoms with Gasteiger partial charge in [0.25, 0.3) is 5.91 Å². The van der Waals surface area contributed by atoms with E-state index in [1.54, 1.807) is 20.3 Å². The van der Waals surface area contributed by atoms with Crippen LogP contribution in [0.2, 0.25) is 5.02 Å². The van der Waals surface area contributed by atoms with E-state index in [0.717, 1.165) is 30.8 Å². The number of anilines is 2. The number of hydrogen-bond acceptors (Lipinski definition) is 7. The molecular formula is C28H31ClN6O3. The van der Waals surface area contributed by atoms with Crippen molar-refractivity contribution >= 4 is 40.0 Å². The fraction of sp³-hybridized carbons (Fsp3) is 0.321. The standard InChI is InChI=1S/C28H31ClN6O3/c1-16-22(37-4)14-23(38-5)25(29)24(16)21-11-10-20-26(30-21)32-33-27(20)31-28(36)17-6-8-18(9-7-17)35-13-12-19(15-35)34(2)3/h6-11,14,19H,12-13,15H2,1-5H3,(H2,30,31,32,33,36). The molecule has 38 heavy (non-hydrogen) atoms. The van der Waals surface area contributed by atoms with Crippen LogP contribution in [0, 0.1) is 6.92 Å². The van der Waals surface area contributed by atoms with Gasteiger partial charge in [-0.25, -0.2) is 4.98 Å². The van der Waals surface area contributed by atoms with Crippen LogP contribution in [0.15, 0.2) is 42.5 Å². The lowest BCUT2D eigenvalue weighted by molar-refractivity contribution is 0.102. The normalized spacial score (nSPS) is 15.3. The molecule has 2 aromatic carbocycles. The zero-order valence-electron chi connectivity index (χ0n) is 22.1. The van der Waals surface area contributed by atoms with Crippen molar-refractivity contribution in [1.82, 2.24) is 20.1 Å². The molecule has 0 bridgehead atoms. The second kappa shape index (κ2) is 10.5. The van der Waals surface area contributed by atoms with E-state index in [4.69, 9.17) is 26.1 Å². The van der Waals surface area contributed by atoms with Gasteiger partial charge in [0.2, 0.25) is 0 Å². The number of halogens is 1. The monoisotopic (exact) mass is 534 g/mol. The number of hydrogen-bond donors (Lipinski definition) is 2. The van der Waals surface area contributed by atoms with Crippen LogP contribution >= 0.6 is 11.6 Å². The topological polar surface area (TPSA) is 95.6 Å². The third-order valence-electron chi connectivity index (χ3n) is 7.18. The van der Waals surface area contributed by atoms with E-state index < -0.39 is 0 Å². The molecule has 1 aliphatic heterocycles. The smallest absolute Gasteiger partial charge is 0.256 e. The summed E-state index contributed by atoms with van der Waals surface area (Å²) in [5, 5.41) is 11.3. The number of nitrogens with one attached hydrogen (secondary N) is 2. The van der Waals surface area contributed by atoms with Gasteiger partial charge in [0.15, 0.2) is 11.5 Å². The average Bonchev–Trinajstić information content (AvgIpc) is 3.57. The van der Waals surface area contributed by atoms with Crippen molar-refractivity contribution in [2.75, 3.05) is 51.6 Å². The van der Waals surface area contributed by atoms with Gasteiger partial charge < -0.3 is 24.6 Å². The first-order chi connectivity index (χ1) is 18.3. The molecule has 0 spiro atoms. The van der Waals surface area contributed by atoms with Crippen LogP contribution in [0.5, 0.6) is 11.5 Å². The Bertz CT molecular complexity index is 1460. The molecule has 4 aromatic rings. The molecule has 2 N–H and O–H groups in total. The van der Waals surface area contributed by atoms with Crippen molar-refractivity contribution in [2.45, 2.75) is 19.4 Å². The molecule has 10 heteroatoms. The number of rotatable bonds is 7. The zero-order chi connectivity index (χ0) is 27.0. The van der Waals surface area contributed by atoms with Crippen LogP contribution in [-0.2, 0) is 0 Å². The van der Waals surface area contributed by atoms with E-state index >= 15 is 0 Å². The molecule has 198 valence electrons. The maximum Gasteiger partial charge on any atom is 0.256 e. The van der Waals surface area contributed by atoms with Crippen molar-refractivity contribution in [1.29, 1.82) is 0 Å². The number of aromatic nitrogens is 3. The second-order valence-corrected chi connectivity index (χ2v) is 9.99. The first-order valence-electron chi connectivity index (χ1n) is 12.4. The Kier molecular flexibility index (Phi) is 7.14. The molecule has 1 unspecified atom stereocenters. The Morgan fingerprint density at radius 2 is 1.87 bits per heavy atom. The van der Waals surface area contributed by atoms with Crippen LogP contribution < -0.4 is 19.7 Å². The number of fused-ring (bicyclic) bond motifs is 1. The highest BCUT2D eigenvalue weighted by atomic mass is 35.5. The first kappa shape index (κ1) is 25.8. The van der Waals surface area contributed by atoms with Crippen molar-refractivity contribution in [3.05, 3.63) is 58.6 Å². The number of aromatic amines is 1. The van der Waals surface area contributed by atoms with Crippen molar-refractivity contribution < 1.29 is 14.3 Å². The lowest BCUT2D eigenvalue weighted by Crippen LogP contribution is -2.31. The van der Waals surface area contributed by atoms with Crippen LogP contribution in [0.25, 0.3) is 22.3 Å². The maximum absolute atomic E-state index is 13.0. The molecule has 3 heterocycles. The van der Waals surface area contributed by atoms with Gasteiger partial charge >= 0.3 is 0 Å². The molecule has 0 aliphatic carbocycles.